The van der Waals surface area contributed by atoms with Crippen LogP contribution in [0.1, 0.15) is 37.6 Å². The van der Waals surface area contributed by atoms with E-state index in [0.717, 1.165) is 22.1 Å². The molecule has 0 saturated carbocycles. The van der Waals surface area contributed by atoms with Crippen molar-refractivity contribution in [1.82, 2.24) is 10.9 Å². The third-order valence-corrected chi connectivity index (χ3v) is 3.97. The summed E-state index contributed by atoms with van der Waals surface area (Å²) in [6.45, 7) is 5.63. The molecule has 0 fully saturated rings. The molecule has 0 unspecified atom stereocenters. The van der Waals surface area contributed by atoms with Gasteiger partial charge in [0.2, 0.25) is 0 Å². The van der Waals surface area contributed by atoms with E-state index in [0.29, 0.717) is 11.1 Å². The first-order valence-corrected chi connectivity index (χ1v) is 7.63. The summed E-state index contributed by atoms with van der Waals surface area (Å²) in [5.74, 6) is -0.659. The summed E-state index contributed by atoms with van der Waals surface area (Å²) in [5, 5.41) is 0.878. The largest absolute Gasteiger partial charge is 0.451 e. The van der Waals surface area contributed by atoms with Crippen LogP contribution in [0.5, 0.6) is 0 Å². The van der Waals surface area contributed by atoms with E-state index in [1.54, 1.807) is 12.1 Å². The molecule has 0 aliphatic carbocycles. The number of hydrogen-bond acceptors (Lipinski definition) is 3. The number of aryl methyl sites for hydroxylation is 3. The summed E-state index contributed by atoms with van der Waals surface area (Å²) >= 11 is 0. The Morgan fingerprint density at radius 1 is 0.917 bits per heavy atom. The second-order valence-electron chi connectivity index (χ2n) is 5.78. The highest BCUT2D eigenvalue weighted by Gasteiger charge is 2.18. The Morgan fingerprint density at radius 2 is 1.62 bits per heavy atom. The molecule has 0 atom stereocenters. The first kappa shape index (κ1) is 15.8. The fourth-order valence-corrected chi connectivity index (χ4v) is 2.70. The van der Waals surface area contributed by atoms with Crippen LogP contribution in [-0.4, -0.2) is 11.8 Å². The summed E-state index contributed by atoms with van der Waals surface area (Å²) < 4.78 is 5.57. The number of nitrogens with one attached hydrogen (secondary N) is 2. The Balaban J connectivity index is 1.75. The molecule has 2 N–H and O–H groups in total. The molecule has 24 heavy (non-hydrogen) atoms. The van der Waals surface area contributed by atoms with E-state index in [4.69, 9.17) is 4.42 Å². The van der Waals surface area contributed by atoms with Crippen LogP contribution >= 0.6 is 0 Å². The van der Waals surface area contributed by atoms with E-state index < -0.39 is 5.91 Å². The van der Waals surface area contributed by atoms with Gasteiger partial charge in [-0.05, 0) is 38.5 Å². The topological polar surface area (TPSA) is 71.3 Å². The summed E-state index contributed by atoms with van der Waals surface area (Å²) in [5.41, 5.74) is 8.66. The Labute approximate surface area is 139 Å². The van der Waals surface area contributed by atoms with E-state index in [-0.39, 0.29) is 11.7 Å². The van der Waals surface area contributed by atoms with Gasteiger partial charge in [0.15, 0.2) is 5.76 Å². The van der Waals surface area contributed by atoms with Gasteiger partial charge in [0.25, 0.3) is 5.91 Å². The number of furan rings is 1. The number of benzene rings is 2. The predicted molar refractivity (Wildman–Crippen MR) is 91.8 cm³/mol. The number of hydrazine groups is 1. The van der Waals surface area contributed by atoms with Crippen LogP contribution in [-0.2, 0) is 0 Å². The molecule has 0 spiro atoms. The molecule has 5 heteroatoms. The van der Waals surface area contributed by atoms with Gasteiger partial charge < -0.3 is 4.42 Å². The van der Waals surface area contributed by atoms with Crippen LogP contribution in [0.4, 0.5) is 0 Å². The average molecular weight is 322 g/mol. The maximum Gasteiger partial charge on any atom is 0.305 e. The number of fused-ring (bicyclic) bond motifs is 1. The Hall–Kier alpha value is -3.08. The van der Waals surface area contributed by atoms with Crippen molar-refractivity contribution in [2.24, 2.45) is 0 Å². The molecular weight excluding hydrogens is 304 g/mol. The van der Waals surface area contributed by atoms with Gasteiger partial charge in [-0.2, -0.15) is 0 Å². The van der Waals surface area contributed by atoms with Crippen molar-refractivity contribution in [3.63, 3.8) is 0 Å². The van der Waals surface area contributed by atoms with E-state index >= 15 is 0 Å². The van der Waals surface area contributed by atoms with Crippen molar-refractivity contribution in [2.75, 3.05) is 0 Å². The van der Waals surface area contributed by atoms with Crippen LogP contribution in [0.2, 0.25) is 0 Å². The van der Waals surface area contributed by atoms with Crippen LogP contribution in [0.15, 0.2) is 46.9 Å². The highest BCUT2D eigenvalue weighted by Crippen LogP contribution is 2.24. The fourth-order valence-electron chi connectivity index (χ4n) is 2.70. The molecule has 3 aromatic rings. The average Bonchev–Trinajstić information content (AvgIpc) is 2.90. The lowest BCUT2D eigenvalue weighted by atomic mass is 10.1. The van der Waals surface area contributed by atoms with E-state index in [9.17, 15) is 9.59 Å². The van der Waals surface area contributed by atoms with Crippen molar-refractivity contribution >= 4 is 22.8 Å². The van der Waals surface area contributed by atoms with Gasteiger partial charge in [-0.1, -0.05) is 35.9 Å². The molecule has 1 heterocycles. The van der Waals surface area contributed by atoms with Crippen molar-refractivity contribution in [3.8, 4) is 0 Å². The minimum absolute atomic E-state index is 0.192. The molecule has 1 aromatic heterocycles. The van der Waals surface area contributed by atoms with Crippen LogP contribution in [0.3, 0.4) is 0 Å². The number of hydrogen-bond donors (Lipinski definition) is 2. The lowest BCUT2D eigenvalue weighted by Gasteiger charge is -2.09. The van der Waals surface area contributed by atoms with E-state index in [1.165, 1.54) is 0 Å². The summed E-state index contributed by atoms with van der Waals surface area (Å²) in [7, 11) is 0. The highest BCUT2D eigenvalue weighted by atomic mass is 16.3. The molecule has 0 aliphatic heterocycles. The van der Waals surface area contributed by atoms with Gasteiger partial charge in [0, 0.05) is 16.5 Å². The van der Waals surface area contributed by atoms with E-state index in [1.807, 2.05) is 51.1 Å². The number of carbonyl (C=O) groups is 2. The SMILES string of the molecule is Cc1ccc(C(=O)NNC(=O)c2oc3ccccc3c2C)c(C)c1. The lowest BCUT2D eigenvalue weighted by Crippen LogP contribution is -2.42. The Bertz CT molecular complexity index is 941. The first-order valence-electron chi connectivity index (χ1n) is 7.63. The number of para-hydroxylation sites is 1. The van der Waals surface area contributed by atoms with Gasteiger partial charge in [0.05, 0.1) is 0 Å². The zero-order valence-corrected chi connectivity index (χ0v) is 13.8. The lowest BCUT2D eigenvalue weighted by molar-refractivity contribution is 0.0831. The van der Waals surface area contributed by atoms with Crippen LogP contribution in [0, 0.1) is 20.8 Å². The molecule has 2 amide bonds. The Kier molecular flexibility index (Phi) is 4.08. The maximum absolute atomic E-state index is 12.3. The number of carbonyl (C=O) groups excluding carboxylic acids is 2. The second kappa shape index (κ2) is 6.20. The minimum Gasteiger partial charge on any atom is -0.451 e. The van der Waals surface area contributed by atoms with Crippen molar-refractivity contribution in [2.45, 2.75) is 20.8 Å². The number of rotatable bonds is 2. The third kappa shape index (κ3) is 2.88. The second-order valence-corrected chi connectivity index (χ2v) is 5.78. The van der Waals surface area contributed by atoms with Crippen LogP contribution in [0.25, 0.3) is 11.0 Å². The standard InChI is InChI=1S/C19H18N2O3/c1-11-8-9-14(12(2)10-11)18(22)20-21-19(23)17-13(3)15-6-4-5-7-16(15)24-17/h4-10H,1-3H3,(H,20,22)(H,21,23). The van der Waals surface area contributed by atoms with Crippen molar-refractivity contribution in [1.29, 1.82) is 0 Å². The molecule has 0 saturated heterocycles. The number of amides is 2. The molecule has 3 rings (SSSR count). The molecule has 0 radical (unpaired) electrons. The zero-order chi connectivity index (χ0) is 17.3. The van der Waals surface area contributed by atoms with Gasteiger partial charge in [-0.25, -0.2) is 0 Å². The predicted octanol–water partition coefficient (Wildman–Crippen LogP) is 3.43. The maximum atomic E-state index is 12.3. The zero-order valence-electron chi connectivity index (χ0n) is 13.8. The van der Waals surface area contributed by atoms with Crippen molar-refractivity contribution < 1.29 is 14.0 Å². The molecule has 5 nitrogen and oxygen atoms in total. The monoisotopic (exact) mass is 322 g/mol. The minimum atomic E-state index is -0.484. The van der Waals surface area contributed by atoms with Crippen LogP contribution < -0.4 is 10.9 Å². The smallest absolute Gasteiger partial charge is 0.305 e. The summed E-state index contributed by atoms with van der Waals surface area (Å²) in [6, 6.07) is 12.9. The molecule has 0 aliphatic rings. The van der Waals surface area contributed by atoms with Gasteiger partial charge in [0.1, 0.15) is 5.58 Å². The Morgan fingerprint density at radius 3 is 2.33 bits per heavy atom. The molecule has 122 valence electrons. The first-order chi connectivity index (χ1) is 11.5. The molecule has 0 bridgehead atoms. The van der Waals surface area contributed by atoms with E-state index in [2.05, 4.69) is 10.9 Å². The quantitative estimate of drug-likeness (QED) is 0.710. The van der Waals surface area contributed by atoms with Gasteiger partial charge >= 0.3 is 5.91 Å². The fraction of sp³-hybridized carbons (Fsp3) is 0.158. The normalized spacial score (nSPS) is 10.6. The summed E-state index contributed by atoms with van der Waals surface area (Å²) in [4.78, 5) is 24.5. The van der Waals surface area contributed by atoms with Crippen molar-refractivity contribution in [3.05, 3.63) is 70.5 Å². The van der Waals surface area contributed by atoms with Gasteiger partial charge in [-0.15, -0.1) is 0 Å². The molecule has 2 aromatic carbocycles. The summed E-state index contributed by atoms with van der Waals surface area (Å²) in [6.07, 6.45) is 0. The molecular formula is C19H18N2O3. The highest BCUT2D eigenvalue weighted by molar-refractivity contribution is 6.01. The van der Waals surface area contributed by atoms with Gasteiger partial charge in [-0.3, -0.25) is 20.4 Å². The third-order valence-electron chi connectivity index (χ3n) is 3.97.